The number of aliphatic hydroxyl groups excluding tert-OH is 1. The molecule has 1 aliphatic carbocycles. The Hall–Kier alpha value is -2.56. The van der Waals surface area contributed by atoms with Crippen molar-refractivity contribution in [2.24, 2.45) is 10.9 Å². The zero-order valence-electron chi connectivity index (χ0n) is 14.5. The van der Waals surface area contributed by atoms with E-state index in [0.717, 1.165) is 12.1 Å². The van der Waals surface area contributed by atoms with Crippen molar-refractivity contribution in [3.8, 4) is 0 Å². The molecule has 0 fully saturated rings. The molecule has 0 saturated heterocycles. The summed E-state index contributed by atoms with van der Waals surface area (Å²) < 4.78 is 83.2. The summed E-state index contributed by atoms with van der Waals surface area (Å²) in [5, 5.41) is 10.3. The molecule has 1 N–H and O–H groups in total. The molecule has 0 amide bonds. The van der Waals surface area contributed by atoms with Crippen molar-refractivity contribution in [3.63, 3.8) is 0 Å². The van der Waals surface area contributed by atoms with Gasteiger partial charge < -0.3 is 9.84 Å². The molecule has 2 atom stereocenters. The molecule has 0 spiro atoms. The monoisotopic (exact) mass is 483 g/mol. The Morgan fingerprint density at radius 2 is 1.97 bits per heavy atom. The maximum Gasteiger partial charge on any atom is 0.343 e. The van der Waals surface area contributed by atoms with E-state index in [4.69, 9.17) is 0 Å². The summed E-state index contributed by atoms with van der Waals surface area (Å²) in [5.41, 5.74) is -1.35. The third kappa shape index (κ3) is 4.72. The van der Waals surface area contributed by atoms with Gasteiger partial charge in [0.1, 0.15) is 17.1 Å². The third-order valence-electron chi connectivity index (χ3n) is 3.71. The Kier molecular flexibility index (Phi) is 6.93. The molecule has 1 aromatic carbocycles. The number of aliphatic hydroxyl groups is 1. The van der Waals surface area contributed by atoms with Crippen LogP contribution in [0, 0.1) is 17.6 Å². The SMILES string of the molecule is CCOC(=O)C(C=Nc1ccc(F)cc1F)=C(O)C1C=C(F)C(F)=C(F)C1(F)Br. The van der Waals surface area contributed by atoms with Crippen molar-refractivity contribution >= 4 is 33.8 Å². The minimum absolute atomic E-state index is 0.202. The number of rotatable bonds is 5. The van der Waals surface area contributed by atoms with Gasteiger partial charge in [-0.3, -0.25) is 4.99 Å². The Morgan fingerprint density at radius 3 is 2.55 bits per heavy atom. The van der Waals surface area contributed by atoms with Crippen LogP contribution in [0.2, 0.25) is 0 Å². The maximum absolute atomic E-state index is 14.6. The Morgan fingerprint density at radius 1 is 1.31 bits per heavy atom. The van der Waals surface area contributed by atoms with Crippen LogP contribution in [0.15, 0.2) is 58.1 Å². The number of hydrogen-bond donors (Lipinski definition) is 1. The van der Waals surface area contributed by atoms with Gasteiger partial charge in [0.15, 0.2) is 23.3 Å². The number of hydrogen-bond acceptors (Lipinski definition) is 4. The van der Waals surface area contributed by atoms with Gasteiger partial charge in [0.2, 0.25) is 4.58 Å². The van der Waals surface area contributed by atoms with Crippen LogP contribution in [-0.2, 0) is 9.53 Å². The number of benzene rings is 1. The van der Waals surface area contributed by atoms with E-state index in [1.54, 1.807) is 0 Å². The molecule has 4 nitrogen and oxygen atoms in total. The van der Waals surface area contributed by atoms with Crippen molar-refractivity contribution in [1.82, 2.24) is 0 Å². The average molecular weight is 484 g/mol. The van der Waals surface area contributed by atoms with Crippen molar-refractivity contribution in [3.05, 3.63) is 64.7 Å². The van der Waals surface area contributed by atoms with Gasteiger partial charge in [-0.1, -0.05) is 0 Å². The number of ether oxygens (including phenoxy) is 1. The van der Waals surface area contributed by atoms with Gasteiger partial charge in [-0.25, -0.2) is 31.1 Å². The van der Waals surface area contributed by atoms with Crippen LogP contribution >= 0.6 is 15.9 Å². The first-order valence-electron chi connectivity index (χ1n) is 7.91. The van der Waals surface area contributed by atoms with Crippen LogP contribution in [0.1, 0.15) is 6.92 Å². The molecule has 156 valence electrons. The predicted octanol–water partition coefficient (Wildman–Crippen LogP) is 5.74. The number of carbonyl (C=O) groups is 1. The highest BCUT2D eigenvalue weighted by atomic mass is 79.9. The lowest BCUT2D eigenvalue weighted by Crippen LogP contribution is -2.32. The maximum atomic E-state index is 14.6. The third-order valence-corrected chi connectivity index (χ3v) is 4.55. The molecule has 2 rings (SSSR count). The smallest absolute Gasteiger partial charge is 0.343 e. The minimum atomic E-state index is -3.43. The fourth-order valence-electron chi connectivity index (χ4n) is 2.28. The first kappa shape index (κ1) is 22.7. The first-order valence-corrected chi connectivity index (χ1v) is 8.70. The average Bonchev–Trinajstić information content (AvgIpc) is 2.65. The molecule has 0 bridgehead atoms. The van der Waals surface area contributed by atoms with E-state index in [9.17, 15) is 36.2 Å². The number of carbonyl (C=O) groups excluding carboxylic acids is 1. The number of halogens is 7. The Balaban J connectivity index is 2.57. The van der Waals surface area contributed by atoms with Crippen LogP contribution in [0.3, 0.4) is 0 Å². The van der Waals surface area contributed by atoms with Crippen LogP contribution < -0.4 is 0 Å². The molecule has 0 aromatic heterocycles. The Labute approximate surface area is 169 Å². The van der Waals surface area contributed by atoms with Crippen LogP contribution in [0.4, 0.5) is 32.0 Å². The summed E-state index contributed by atoms with van der Waals surface area (Å²) in [6.07, 6.45) is 0.749. The lowest BCUT2D eigenvalue weighted by atomic mass is 9.92. The standard InChI is InChI=1S/C18H12BrF6NO3/c1-2-29-17(28)9(7-26-13-4-3-8(20)5-11(13)21)15(27)10-6-12(22)14(23)16(24)18(10,19)25/h3-7,10,27H,2H2,1H3. The van der Waals surface area contributed by atoms with E-state index in [2.05, 4.69) is 25.7 Å². The van der Waals surface area contributed by atoms with Gasteiger partial charge in [0, 0.05) is 12.3 Å². The molecular formula is C18H12BrF6NO3. The Bertz CT molecular complexity index is 955. The van der Waals surface area contributed by atoms with Crippen molar-refractivity contribution < 1.29 is 41.0 Å². The summed E-state index contributed by atoms with van der Waals surface area (Å²) in [7, 11) is 0. The molecule has 0 aliphatic heterocycles. The minimum Gasteiger partial charge on any atom is -0.511 e. The highest BCUT2D eigenvalue weighted by Gasteiger charge is 2.49. The predicted molar refractivity (Wildman–Crippen MR) is 95.5 cm³/mol. The summed E-state index contributed by atoms with van der Waals surface area (Å²) in [5.74, 6) is -12.9. The topological polar surface area (TPSA) is 58.9 Å². The van der Waals surface area contributed by atoms with E-state index in [-0.39, 0.29) is 12.7 Å². The van der Waals surface area contributed by atoms with E-state index < -0.39 is 62.6 Å². The van der Waals surface area contributed by atoms with Gasteiger partial charge in [-0.05, 0) is 41.1 Å². The van der Waals surface area contributed by atoms with Gasteiger partial charge in [0.05, 0.1) is 18.2 Å². The fraction of sp³-hybridized carbons (Fsp3) is 0.222. The number of alkyl halides is 2. The number of allylic oxidation sites excluding steroid dienone is 4. The second kappa shape index (κ2) is 8.85. The zero-order chi connectivity index (χ0) is 21.9. The van der Waals surface area contributed by atoms with Crippen molar-refractivity contribution in [2.75, 3.05) is 6.61 Å². The summed E-state index contributed by atoms with van der Waals surface area (Å²) in [4.78, 5) is 15.7. The van der Waals surface area contributed by atoms with E-state index >= 15 is 0 Å². The largest absolute Gasteiger partial charge is 0.511 e. The van der Waals surface area contributed by atoms with Crippen molar-refractivity contribution in [2.45, 2.75) is 11.5 Å². The second-order valence-corrected chi connectivity index (χ2v) is 6.77. The molecule has 11 heteroatoms. The lowest BCUT2D eigenvalue weighted by Gasteiger charge is -2.28. The number of esters is 1. The molecule has 0 radical (unpaired) electrons. The quantitative estimate of drug-likeness (QED) is 0.145. The summed E-state index contributed by atoms with van der Waals surface area (Å²) in [6, 6.07) is 2.26. The molecule has 1 aromatic rings. The van der Waals surface area contributed by atoms with Crippen LogP contribution in [-0.4, -0.2) is 28.5 Å². The first-order chi connectivity index (χ1) is 13.5. The van der Waals surface area contributed by atoms with Crippen LogP contribution in [0.5, 0.6) is 0 Å². The fourth-order valence-corrected chi connectivity index (χ4v) is 2.81. The highest BCUT2D eigenvalue weighted by Crippen LogP contribution is 2.48. The molecule has 0 saturated carbocycles. The van der Waals surface area contributed by atoms with E-state index in [1.165, 1.54) is 6.92 Å². The molecule has 1 aliphatic rings. The molecule has 29 heavy (non-hydrogen) atoms. The van der Waals surface area contributed by atoms with Gasteiger partial charge >= 0.3 is 5.97 Å². The van der Waals surface area contributed by atoms with Gasteiger partial charge in [-0.15, -0.1) is 0 Å². The summed E-state index contributed by atoms with van der Waals surface area (Å²) in [6.45, 7) is 1.19. The zero-order valence-corrected chi connectivity index (χ0v) is 16.1. The van der Waals surface area contributed by atoms with E-state index in [1.807, 2.05) is 0 Å². The lowest BCUT2D eigenvalue weighted by molar-refractivity contribution is -0.138. The van der Waals surface area contributed by atoms with E-state index in [0.29, 0.717) is 12.3 Å². The van der Waals surface area contributed by atoms with Gasteiger partial charge in [-0.2, -0.15) is 0 Å². The highest BCUT2D eigenvalue weighted by molar-refractivity contribution is 9.10. The molecule has 0 heterocycles. The number of nitrogens with zero attached hydrogens (tertiary/aromatic N) is 1. The summed E-state index contributed by atoms with van der Waals surface area (Å²) >= 11 is 2.22. The van der Waals surface area contributed by atoms with Gasteiger partial charge in [0.25, 0.3) is 0 Å². The second-order valence-electron chi connectivity index (χ2n) is 5.62. The number of aliphatic imine (C=N–C) groups is 1. The van der Waals surface area contributed by atoms with Crippen molar-refractivity contribution in [1.29, 1.82) is 0 Å². The van der Waals surface area contributed by atoms with Crippen LogP contribution in [0.25, 0.3) is 0 Å². The molecule has 2 unspecified atom stereocenters. The normalized spacial score (nSPS) is 23.2. The molecular weight excluding hydrogens is 472 g/mol.